The highest BCUT2D eigenvalue weighted by Gasteiger charge is 2.37. The number of carboxylic acid groups (broad SMARTS) is 1. The van der Waals surface area contributed by atoms with Gasteiger partial charge >= 0.3 is 5.97 Å². The van der Waals surface area contributed by atoms with Crippen LogP contribution in [0.2, 0.25) is 0 Å². The molecule has 0 saturated carbocycles. The van der Waals surface area contributed by atoms with Crippen LogP contribution in [-0.4, -0.2) is 32.0 Å². The molecule has 0 unspecified atom stereocenters. The molecule has 0 aliphatic rings. The largest absolute Gasteiger partial charge is 0.487 e. The predicted molar refractivity (Wildman–Crippen MR) is 162 cm³/mol. The maximum atomic E-state index is 14.0. The van der Waals surface area contributed by atoms with Crippen molar-refractivity contribution >= 4 is 34.0 Å². The van der Waals surface area contributed by atoms with Crippen LogP contribution < -0.4 is 4.74 Å². The van der Waals surface area contributed by atoms with Gasteiger partial charge in [-0.1, -0.05) is 75.4 Å². The van der Waals surface area contributed by atoms with Crippen molar-refractivity contribution in [3.63, 3.8) is 0 Å². The summed E-state index contributed by atoms with van der Waals surface area (Å²) in [6.45, 7) is 8.86. The number of para-hydroxylation sites is 1. The van der Waals surface area contributed by atoms with Crippen molar-refractivity contribution in [3.8, 4) is 5.75 Å². The number of nitrogens with zero attached hydrogens (tertiary/aromatic N) is 2. The molecule has 214 valence electrons. The molecule has 0 spiro atoms. The summed E-state index contributed by atoms with van der Waals surface area (Å²) in [6.07, 6.45) is 1.71. The second kappa shape index (κ2) is 10.9. The fraction of sp³-hybridized carbons (Fsp3) is 0.257. The molecule has 7 heteroatoms. The first-order valence-electron chi connectivity index (χ1n) is 13.9. The molecule has 0 fully saturated rings. The number of aliphatic carboxylic acids is 1. The second-order valence-corrected chi connectivity index (χ2v) is 12.2. The number of rotatable bonds is 9. The maximum Gasteiger partial charge on any atom is 0.309 e. The van der Waals surface area contributed by atoms with Crippen LogP contribution in [0.25, 0.3) is 16.4 Å². The molecule has 3 aromatic heterocycles. The third-order valence-corrected chi connectivity index (χ3v) is 7.41. The second-order valence-electron chi connectivity index (χ2n) is 12.2. The zero-order valence-electron chi connectivity index (χ0n) is 24.5. The van der Waals surface area contributed by atoms with Crippen LogP contribution in [-0.2, 0) is 17.8 Å². The van der Waals surface area contributed by atoms with E-state index in [2.05, 4.69) is 4.98 Å². The van der Waals surface area contributed by atoms with Crippen molar-refractivity contribution < 1.29 is 24.2 Å². The number of ether oxygens (including phenoxy) is 1. The van der Waals surface area contributed by atoms with Crippen LogP contribution in [0.3, 0.4) is 0 Å². The highest BCUT2D eigenvalue weighted by molar-refractivity contribution is 6.15. The van der Waals surface area contributed by atoms with Crippen molar-refractivity contribution in [2.45, 2.75) is 47.6 Å². The number of benzene rings is 2. The Balaban J connectivity index is 1.66. The summed E-state index contributed by atoms with van der Waals surface area (Å²) in [5, 5.41) is 11.0. The quantitative estimate of drug-likeness (QED) is 0.191. The minimum atomic E-state index is -1.23. The number of aromatic nitrogens is 2. The van der Waals surface area contributed by atoms with Crippen molar-refractivity contribution in [3.05, 3.63) is 113 Å². The summed E-state index contributed by atoms with van der Waals surface area (Å²) in [5.74, 6) is -0.988. The molecule has 7 nitrogen and oxygen atoms in total. The molecule has 0 amide bonds. The van der Waals surface area contributed by atoms with Crippen molar-refractivity contribution in [1.82, 2.24) is 9.38 Å². The van der Waals surface area contributed by atoms with Gasteiger partial charge in [-0.15, -0.1) is 0 Å². The van der Waals surface area contributed by atoms with E-state index in [-0.39, 0.29) is 30.3 Å². The van der Waals surface area contributed by atoms with Gasteiger partial charge in [0, 0.05) is 34.2 Å². The Morgan fingerprint density at radius 2 is 1.57 bits per heavy atom. The van der Waals surface area contributed by atoms with Gasteiger partial charge in [-0.05, 0) is 44.0 Å². The molecule has 1 N–H and O–H groups in total. The first-order valence-corrected chi connectivity index (χ1v) is 13.9. The maximum absolute atomic E-state index is 14.0. The van der Waals surface area contributed by atoms with E-state index in [0.29, 0.717) is 28.0 Å². The lowest BCUT2D eigenvalue weighted by Crippen LogP contribution is -2.29. The third kappa shape index (κ3) is 5.55. The molecule has 0 bridgehead atoms. The zero-order valence-corrected chi connectivity index (χ0v) is 24.5. The molecule has 5 aromatic rings. The Hall–Kier alpha value is -4.78. The molecule has 0 atom stereocenters. The lowest BCUT2D eigenvalue weighted by Gasteiger charge is -2.22. The summed E-state index contributed by atoms with van der Waals surface area (Å²) in [4.78, 5) is 44.9. The standard InChI is InChI=1S/C35H34N2O5/c1-34(2,3)32(39)29-26(20-35(4,5)33(40)41)30(31(38)23-12-7-6-8-13-23)37-18-17-25(19-28(29)37)42-21-24-16-15-22-11-9-10-14-27(22)36-24/h6-19H,20-21H2,1-5H3,(H,40,41). The summed E-state index contributed by atoms with van der Waals surface area (Å²) in [7, 11) is 0. The average Bonchev–Trinajstić information content (AvgIpc) is 3.26. The minimum absolute atomic E-state index is 0.00767. The molecule has 0 aliphatic heterocycles. The van der Waals surface area contributed by atoms with Gasteiger partial charge < -0.3 is 14.2 Å². The number of pyridine rings is 2. The van der Waals surface area contributed by atoms with Crippen LogP contribution in [0.5, 0.6) is 5.75 Å². The molecular weight excluding hydrogens is 528 g/mol. The number of Topliss-reactive ketones (excluding diaryl/α,β-unsaturated/α-hetero) is 1. The monoisotopic (exact) mass is 562 g/mol. The number of hydrogen-bond donors (Lipinski definition) is 1. The topological polar surface area (TPSA) is 98.0 Å². The fourth-order valence-electron chi connectivity index (χ4n) is 5.01. The Labute approximate surface area is 244 Å². The van der Waals surface area contributed by atoms with E-state index >= 15 is 0 Å². The van der Waals surface area contributed by atoms with Gasteiger partial charge in [0.05, 0.1) is 27.8 Å². The number of ketones is 2. The molecule has 3 heterocycles. The van der Waals surface area contributed by atoms with E-state index in [0.717, 1.165) is 16.6 Å². The molecule has 5 rings (SSSR count). The normalized spacial score (nSPS) is 12.0. The number of carbonyl (C=O) groups excluding carboxylic acids is 2. The predicted octanol–water partition coefficient (Wildman–Crippen LogP) is 7.18. The molecule has 2 aromatic carbocycles. The van der Waals surface area contributed by atoms with Gasteiger partial charge in [-0.2, -0.15) is 0 Å². The smallest absolute Gasteiger partial charge is 0.309 e. The van der Waals surface area contributed by atoms with Crippen LogP contribution in [0.1, 0.15) is 72.3 Å². The highest BCUT2D eigenvalue weighted by Crippen LogP contribution is 2.37. The van der Waals surface area contributed by atoms with Gasteiger partial charge in [0.25, 0.3) is 0 Å². The number of carbonyl (C=O) groups is 3. The molecule has 0 saturated heterocycles. The van der Waals surface area contributed by atoms with Gasteiger partial charge in [0.1, 0.15) is 12.4 Å². The fourth-order valence-corrected chi connectivity index (χ4v) is 5.01. The van der Waals surface area contributed by atoms with E-state index < -0.39 is 16.8 Å². The Morgan fingerprint density at radius 3 is 2.26 bits per heavy atom. The van der Waals surface area contributed by atoms with E-state index in [1.165, 1.54) is 0 Å². The summed E-state index contributed by atoms with van der Waals surface area (Å²) in [6, 6.07) is 24.1. The van der Waals surface area contributed by atoms with E-state index in [1.54, 1.807) is 60.8 Å². The first kappa shape index (κ1) is 28.7. The van der Waals surface area contributed by atoms with Gasteiger partial charge in [0.2, 0.25) is 5.78 Å². The summed E-state index contributed by atoms with van der Waals surface area (Å²) < 4.78 is 7.83. The lowest BCUT2D eigenvalue weighted by molar-refractivity contribution is -0.146. The third-order valence-electron chi connectivity index (χ3n) is 7.41. The van der Waals surface area contributed by atoms with Crippen molar-refractivity contribution in [1.29, 1.82) is 0 Å². The number of carboxylic acids is 1. The SMILES string of the molecule is CC(C)(C)C(=O)c1c(CC(C)(C)C(=O)O)c(C(=O)c2ccccc2)n2ccc(OCc3ccc4ccccc4n3)cc12. The van der Waals surface area contributed by atoms with Gasteiger partial charge in [0.15, 0.2) is 5.78 Å². The Morgan fingerprint density at radius 1 is 0.881 bits per heavy atom. The number of hydrogen-bond acceptors (Lipinski definition) is 5. The lowest BCUT2D eigenvalue weighted by atomic mass is 9.79. The van der Waals surface area contributed by atoms with Gasteiger partial charge in [-0.25, -0.2) is 4.98 Å². The van der Waals surface area contributed by atoms with E-state index in [1.807, 2.05) is 63.2 Å². The van der Waals surface area contributed by atoms with Crippen molar-refractivity contribution in [2.75, 3.05) is 0 Å². The molecular formula is C35H34N2O5. The van der Waals surface area contributed by atoms with Crippen LogP contribution >= 0.6 is 0 Å². The Bertz CT molecular complexity index is 1830. The summed E-state index contributed by atoms with van der Waals surface area (Å²) >= 11 is 0. The minimum Gasteiger partial charge on any atom is -0.487 e. The van der Waals surface area contributed by atoms with Crippen LogP contribution in [0, 0.1) is 10.8 Å². The van der Waals surface area contributed by atoms with Gasteiger partial charge in [-0.3, -0.25) is 14.4 Å². The summed E-state index contributed by atoms with van der Waals surface area (Å²) in [5.41, 5.74) is 1.58. The Kier molecular flexibility index (Phi) is 7.45. The first-order chi connectivity index (χ1) is 19.9. The highest BCUT2D eigenvalue weighted by atomic mass is 16.5. The van der Waals surface area contributed by atoms with Crippen molar-refractivity contribution in [2.24, 2.45) is 10.8 Å². The van der Waals surface area contributed by atoms with Crippen LogP contribution in [0.4, 0.5) is 0 Å². The molecule has 0 aliphatic carbocycles. The van der Waals surface area contributed by atoms with Crippen LogP contribution in [0.15, 0.2) is 85.1 Å². The molecule has 42 heavy (non-hydrogen) atoms. The van der Waals surface area contributed by atoms with E-state index in [9.17, 15) is 19.5 Å². The zero-order chi connectivity index (χ0) is 30.2. The molecule has 0 radical (unpaired) electrons. The number of fused-ring (bicyclic) bond motifs is 2. The average molecular weight is 563 g/mol. The van der Waals surface area contributed by atoms with E-state index in [4.69, 9.17) is 4.74 Å².